The highest BCUT2D eigenvalue weighted by Gasteiger charge is 2.40. The van der Waals surface area contributed by atoms with Crippen molar-refractivity contribution in [3.8, 4) is 28.1 Å². The number of aromatic nitrogens is 1. The van der Waals surface area contributed by atoms with E-state index in [1.165, 1.54) is 25.4 Å². The molecule has 4 rings (SSSR count). The van der Waals surface area contributed by atoms with Gasteiger partial charge in [0.15, 0.2) is 11.3 Å². The zero-order chi connectivity index (χ0) is 23.9. The summed E-state index contributed by atoms with van der Waals surface area (Å²) in [5, 5.41) is 3.92. The number of carbonyl (C=O) groups excluding carboxylic acids is 2. The van der Waals surface area contributed by atoms with Crippen molar-refractivity contribution in [3.63, 3.8) is 0 Å². The van der Waals surface area contributed by atoms with Crippen LogP contribution in [0.15, 0.2) is 53.8 Å². The van der Waals surface area contributed by atoms with Gasteiger partial charge in [0.2, 0.25) is 5.78 Å². The summed E-state index contributed by atoms with van der Waals surface area (Å²) in [6.07, 6.45) is 1.47. The lowest BCUT2D eigenvalue weighted by Crippen LogP contribution is -2.33. The van der Waals surface area contributed by atoms with Crippen molar-refractivity contribution in [3.05, 3.63) is 71.4 Å². The molecule has 0 atom stereocenters. The quantitative estimate of drug-likeness (QED) is 0.634. The van der Waals surface area contributed by atoms with Crippen LogP contribution in [0.4, 0.5) is 8.78 Å². The molecule has 1 amide bonds. The molecule has 168 valence electrons. The van der Waals surface area contributed by atoms with Crippen LogP contribution in [0, 0.1) is 11.6 Å². The predicted molar refractivity (Wildman–Crippen MR) is 117 cm³/mol. The summed E-state index contributed by atoms with van der Waals surface area (Å²) >= 11 is 0. The van der Waals surface area contributed by atoms with Gasteiger partial charge >= 0.3 is 0 Å². The number of halogens is 2. The Kier molecular flexibility index (Phi) is 5.41. The van der Waals surface area contributed by atoms with Crippen LogP contribution in [0.3, 0.4) is 0 Å². The Bertz CT molecular complexity index is 1320. The third kappa shape index (κ3) is 3.82. The molecule has 0 saturated carbocycles. The number of hydrogen-bond acceptors (Lipinski definition) is 6. The number of ether oxygens (including phenoxy) is 1. The first-order chi connectivity index (χ1) is 15.6. The minimum Gasteiger partial charge on any atom is -0.496 e. The van der Waals surface area contributed by atoms with Crippen molar-refractivity contribution in [2.45, 2.75) is 19.4 Å². The fourth-order valence-electron chi connectivity index (χ4n) is 3.48. The molecule has 0 unspecified atom stereocenters. The Balaban J connectivity index is 1.74. The molecule has 1 aromatic heterocycles. The third-order valence-electron chi connectivity index (χ3n) is 5.29. The molecular formula is C24H19F2N3O4. The van der Waals surface area contributed by atoms with E-state index >= 15 is 0 Å². The second kappa shape index (κ2) is 8.09. The summed E-state index contributed by atoms with van der Waals surface area (Å²) in [6.45, 7) is 3.27. The van der Waals surface area contributed by atoms with Gasteiger partial charge in [-0.15, -0.1) is 0 Å². The smallest absolute Gasteiger partial charge is 0.254 e. The van der Waals surface area contributed by atoms with E-state index in [1.807, 2.05) is 0 Å². The molecule has 0 fully saturated rings. The highest BCUT2D eigenvalue weighted by Crippen LogP contribution is 2.34. The zero-order valence-corrected chi connectivity index (χ0v) is 18.0. The first-order valence-electron chi connectivity index (χ1n) is 9.88. The number of primary amides is 1. The maximum Gasteiger partial charge on any atom is 0.254 e. The van der Waals surface area contributed by atoms with E-state index in [4.69, 9.17) is 15.3 Å². The summed E-state index contributed by atoms with van der Waals surface area (Å²) in [6, 6.07) is 10.4. The minimum atomic E-state index is -1.21. The largest absolute Gasteiger partial charge is 0.496 e. The highest BCUT2D eigenvalue weighted by atomic mass is 19.1. The highest BCUT2D eigenvalue weighted by molar-refractivity contribution is 6.49. The Hall–Kier alpha value is -4.14. The van der Waals surface area contributed by atoms with Crippen molar-refractivity contribution in [1.82, 2.24) is 4.98 Å². The van der Waals surface area contributed by atoms with Crippen molar-refractivity contribution in [1.29, 1.82) is 0 Å². The molecule has 0 saturated heterocycles. The van der Waals surface area contributed by atoms with E-state index in [2.05, 4.69) is 10.1 Å². The number of oxime groups is 1. The van der Waals surface area contributed by atoms with Crippen molar-refractivity contribution in [2.24, 2.45) is 10.9 Å². The topological polar surface area (TPSA) is 104 Å². The molecule has 2 N–H and O–H groups in total. The van der Waals surface area contributed by atoms with Crippen LogP contribution >= 0.6 is 0 Å². The van der Waals surface area contributed by atoms with Crippen LogP contribution in [-0.2, 0) is 9.63 Å². The number of methoxy groups -OCH3 is 1. The molecule has 1 aliphatic heterocycles. The van der Waals surface area contributed by atoms with Gasteiger partial charge < -0.3 is 15.3 Å². The number of Topliss-reactive ketones (excluding diaryl/α,β-unsaturated/α-hetero) is 1. The number of ketones is 1. The molecular weight excluding hydrogens is 432 g/mol. The molecule has 33 heavy (non-hydrogen) atoms. The Labute approximate surface area is 187 Å². The molecule has 9 heteroatoms. The normalized spacial score (nSPS) is 14.6. The van der Waals surface area contributed by atoms with Crippen molar-refractivity contribution in [2.75, 3.05) is 7.11 Å². The second-order valence-corrected chi connectivity index (χ2v) is 7.87. The molecule has 7 nitrogen and oxygen atoms in total. The first-order valence-corrected chi connectivity index (χ1v) is 9.88. The van der Waals surface area contributed by atoms with Gasteiger partial charge in [-0.05, 0) is 50.2 Å². The molecule has 0 radical (unpaired) electrons. The average molecular weight is 451 g/mol. The van der Waals surface area contributed by atoms with Gasteiger partial charge in [-0.25, -0.2) is 8.78 Å². The number of nitrogens with two attached hydrogens (primary N) is 1. The number of benzene rings is 2. The molecule has 3 aromatic rings. The SMILES string of the molecule is COc1ccc(C2=NOC(C)(C)C2=O)cc1-c1ccc(-c2ccc(F)c(C(N)=O)c2F)nc1. The first kappa shape index (κ1) is 22.1. The number of hydrogen-bond donors (Lipinski definition) is 1. The average Bonchev–Trinajstić information content (AvgIpc) is 3.06. The summed E-state index contributed by atoms with van der Waals surface area (Å²) in [5.74, 6) is -3.06. The Morgan fingerprint density at radius 1 is 1.06 bits per heavy atom. The van der Waals surface area contributed by atoms with Gasteiger partial charge in [0.05, 0.1) is 12.8 Å². The van der Waals surface area contributed by atoms with Crippen LogP contribution in [0.25, 0.3) is 22.4 Å². The maximum absolute atomic E-state index is 14.7. The number of rotatable bonds is 5. The van der Waals surface area contributed by atoms with E-state index in [0.717, 1.165) is 6.07 Å². The lowest BCUT2D eigenvalue weighted by molar-refractivity contribution is -0.128. The maximum atomic E-state index is 14.7. The summed E-state index contributed by atoms with van der Waals surface area (Å²) in [7, 11) is 1.50. The lowest BCUT2D eigenvalue weighted by atomic mass is 9.94. The predicted octanol–water partition coefficient (Wildman–Crippen LogP) is 3.88. The van der Waals surface area contributed by atoms with Crippen LogP contribution < -0.4 is 10.5 Å². The molecule has 2 aromatic carbocycles. The van der Waals surface area contributed by atoms with Crippen molar-refractivity contribution < 1.29 is 27.9 Å². The summed E-state index contributed by atoms with van der Waals surface area (Å²) in [4.78, 5) is 33.5. The van der Waals surface area contributed by atoms with Crippen molar-refractivity contribution >= 4 is 17.4 Å². The van der Waals surface area contributed by atoms with E-state index < -0.39 is 28.7 Å². The number of pyridine rings is 1. The summed E-state index contributed by atoms with van der Waals surface area (Å²) < 4.78 is 33.9. The van der Waals surface area contributed by atoms with Crippen LogP contribution in [0.5, 0.6) is 5.75 Å². The van der Waals surface area contributed by atoms with Gasteiger partial charge in [0.25, 0.3) is 5.91 Å². The van der Waals surface area contributed by atoms with Gasteiger partial charge in [-0.3, -0.25) is 14.6 Å². The van der Waals surface area contributed by atoms with E-state index in [9.17, 15) is 18.4 Å². The fourth-order valence-corrected chi connectivity index (χ4v) is 3.48. The van der Waals surface area contributed by atoms with E-state index in [1.54, 1.807) is 38.1 Å². The Morgan fingerprint density at radius 2 is 1.79 bits per heavy atom. The molecule has 0 bridgehead atoms. The van der Waals surface area contributed by atoms with Gasteiger partial charge in [-0.1, -0.05) is 11.2 Å². The van der Waals surface area contributed by atoms with Crippen LogP contribution in [0.1, 0.15) is 29.8 Å². The standard InChI is InChI=1S/C24H19F2N3O4/c1-24(2)22(30)21(29-33-24)12-5-9-18(32-3)15(10-12)13-4-8-17(28-11-13)14-6-7-16(25)19(20(14)26)23(27)31/h4-11H,1-3H3,(H2,27,31). The number of amides is 1. The lowest BCUT2D eigenvalue weighted by Gasteiger charge is -2.13. The second-order valence-electron chi connectivity index (χ2n) is 7.87. The monoisotopic (exact) mass is 451 g/mol. The Morgan fingerprint density at radius 3 is 2.36 bits per heavy atom. The van der Waals surface area contributed by atoms with E-state index in [-0.39, 0.29) is 22.8 Å². The van der Waals surface area contributed by atoms with Gasteiger partial charge in [-0.2, -0.15) is 0 Å². The van der Waals surface area contributed by atoms with Gasteiger partial charge in [0.1, 0.15) is 22.9 Å². The molecule has 0 spiro atoms. The summed E-state index contributed by atoms with van der Waals surface area (Å²) in [5.41, 5.74) is 5.31. The molecule has 2 heterocycles. The third-order valence-corrected chi connectivity index (χ3v) is 5.29. The van der Waals surface area contributed by atoms with Gasteiger partial charge in [0, 0.05) is 28.5 Å². The minimum absolute atomic E-state index is 0.0669. The van der Waals surface area contributed by atoms with Crippen LogP contribution in [0.2, 0.25) is 0 Å². The molecule has 1 aliphatic rings. The van der Waals surface area contributed by atoms with E-state index in [0.29, 0.717) is 22.4 Å². The number of carbonyl (C=O) groups is 2. The van der Waals surface area contributed by atoms with Crippen LogP contribution in [-0.4, -0.2) is 35.1 Å². The fraction of sp³-hybridized carbons (Fsp3) is 0.167. The zero-order valence-electron chi connectivity index (χ0n) is 18.0. The molecule has 0 aliphatic carbocycles. The number of nitrogens with zero attached hydrogens (tertiary/aromatic N) is 2.